The molecule has 5 nitrogen and oxygen atoms in total. The van der Waals surface area contributed by atoms with Gasteiger partial charge in [-0.3, -0.25) is 4.57 Å². The number of aromatic nitrogens is 5. The first-order valence-corrected chi connectivity index (χ1v) is 6.84. The Kier molecular flexibility index (Phi) is 3.80. The summed E-state index contributed by atoms with van der Waals surface area (Å²) in [7, 11) is 0. The predicted octanol–water partition coefficient (Wildman–Crippen LogP) is 3.14. The van der Waals surface area contributed by atoms with E-state index in [9.17, 15) is 8.78 Å². The number of nitrogens with zero attached hydrogens (tertiary/aromatic N) is 5. The summed E-state index contributed by atoms with van der Waals surface area (Å²) in [5.74, 6) is -1.08. The van der Waals surface area contributed by atoms with Crippen LogP contribution in [0, 0.1) is 11.6 Å². The molecule has 0 spiro atoms. The molecule has 0 aliphatic carbocycles. The van der Waals surface area contributed by atoms with Crippen LogP contribution < -0.4 is 0 Å². The Hall–Kier alpha value is -2.06. The zero-order valence-corrected chi connectivity index (χ0v) is 11.8. The van der Waals surface area contributed by atoms with Crippen LogP contribution in [0.4, 0.5) is 8.78 Å². The fourth-order valence-electron chi connectivity index (χ4n) is 1.52. The highest BCUT2D eigenvalue weighted by atomic mass is 35.5. The first-order chi connectivity index (χ1) is 10.1. The van der Waals surface area contributed by atoms with Gasteiger partial charge in [-0.2, -0.15) is 15.0 Å². The summed E-state index contributed by atoms with van der Waals surface area (Å²) in [6.07, 6.45) is 4.70. The summed E-state index contributed by atoms with van der Waals surface area (Å²) in [5, 5.41) is 0.169. The largest absolute Gasteiger partial charge is 0.274 e. The molecule has 0 radical (unpaired) electrons. The van der Waals surface area contributed by atoms with Crippen LogP contribution in [0.1, 0.15) is 0 Å². The summed E-state index contributed by atoms with van der Waals surface area (Å²) in [4.78, 5) is 16.1. The van der Waals surface area contributed by atoms with Gasteiger partial charge < -0.3 is 0 Å². The van der Waals surface area contributed by atoms with Crippen LogP contribution in [0.15, 0.2) is 47.0 Å². The van der Waals surface area contributed by atoms with E-state index < -0.39 is 11.6 Å². The molecule has 0 saturated heterocycles. The van der Waals surface area contributed by atoms with Gasteiger partial charge >= 0.3 is 0 Å². The number of imidazole rings is 1. The second-order valence-corrected chi connectivity index (χ2v) is 5.18. The number of rotatable bonds is 3. The highest BCUT2D eigenvalue weighted by molar-refractivity contribution is 7.99. The van der Waals surface area contributed by atoms with Crippen molar-refractivity contribution in [2.45, 2.75) is 10.1 Å². The third kappa shape index (κ3) is 3.17. The summed E-state index contributed by atoms with van der Waals surface area (Å²) in [5.41, 5.74) is 0. The average molecular weight is 326 g/mol. The van der Waals surface area contributed by atoms with Gasteiger partial charge in [0, 0.05) is 18.5 Å². The van der Waals surface area contributed by atoms with E-state index in [2.05, 4.69) is 19.9 Å². The lowest BCUT2D eigenvalue weighted by Gasteiger charge is -2.05. The van der Waals surface area contributed by atoms with Crippen molar-refractivity contribution in [2.24, 2.45) is 0 Å². The van der Waals surface area contributed by atoms with E-state index in [1.165, 1.54) is 12.4 Å². The molecule has 0 amide bonds. The molecule has 0 aliphatic heterocycles. The topological polar surface area (TPSA) is 56.5 Å². The van der Waals surface area contributed by atoms with Crippen molar-refractivity contribution >= 4 is 23.4 Å². The molecule has 106 valence electrons. The molecule has 9 heteroatoms. The van der Waals surface area contributed by atoms with Crippen LogP contribution in [0.5, 0.6) is 0 Å². The Morgan fingerprint density at radius 1 is 1.14 bits per heavy atom. The maximum atomic E-state index is 13.6. The molecule has 21 heavy (non-hydrogen) atoms. The lowest BCUT2D eigenvalue weighted by Crippen LogP contribution is -2.02. The minimum atomic E-state index is -0.694. The summed E-state index contributed by atoms with van der Waals surface area (Å²) >= 11 is 6.76. The van der Waals surface area contributed by atoms with E-state index in [1.807, 2.05) is 0 Å². The third-order valence-electron chi connectivity index (χ3n) is 2.41. The van der Waals surface area contributed by atoms with Crippen molar-refractivity contribution in [1.82, 2.24) is 24.5 Å². The summed E-state index contributed by atoms with van der Waals surface area (Å²) < 4.78 is 28.0. The molecule has 0 atom stereocenters. The van der Waals surface area contributed by atoms with Crippen molar-refractivity contribution in [1.29, 1.82) is 0 Å². The number of benzene rings is 1. The van der Waals surface area contributed by atoms with Gasteiger partial charge in [0.25, 0.3) is 0 Å². The number of hydrogen-bond acceptors (Lipinski definition) is 5. The van der Waals surface area contributed by atoms with E-state index in [4.69, 9.17) is 11.6 Å². The Morgan fingerprint density at radius 2 is 2.00 bits per heavy atom. The maximum absolute atomic E-state index is 13.6. The summed E-state index contributed by atoms with van der Waals surface area (Å²) in [6.45, 7) is 0. The molecule has 0 saturated carbocycles. The molecule has 2 heterocycles. The SMILES string of the molecule is Fc1ccc(Sc2nc(Cl)nc(-n3ccnc3)n2)c(F)c1. The predicted molar refractivity (Wildman–Crippen MR) is 72.4 cm³/mol. The van der Waals surface area contributed by atoms with Crippen LogP contribution >= 0.6 is 23.4 Å². The first kappa shape index (κ1) is 13.9. The van der Waals surface area contributed by atoms with Crippen molar-refractivity contribution in [3.05, 3.63) is 53.8 Å². The highest BCUT2D eigenvalue weighted by Gasteiger charge is 2.11. The normalized spacial score (nSPS) is 10.8. The fraction of sp³-hybridized carbons (Fsp3) is 0. The zero-order valence-electron chi connectivity index (χ0n) is 10.2. The molecule has 3 aromatic rings. The van der Waals surface area contributed by atoms with Gasteiger partial charge in [-0.1, -0.05) is 0 Å². The van der Waals surface area contributed by atoms with Crippen LogP contribution in [-0.4, -0.2) is 24.5 Å². The second kappa shape index (κ2) is 5.74. The van der Waals surface area contributed by atoms with Gasteiger partial charge in [0.1, 0.15) is 18.0 Å². The van der Waals surface area contributed by atoms with E-state index in [0.717, 1.165) is 23.9 Å². The van der Waals surface area contributed by atoms with Gasteiger partial charge in [-0.25, -0.2) is 13.8 Å². The van der Waals surface area contributed by atoms with E-state index >= 15 is 0 Å². The molecule has 0 fully saturated rings. The Morgan fingerprint density at radius 3 is 2.71 bits per heavy atom. The third-order valence-corrected chi connectivity index (χ3v) is 3.49. The lowest BCUT2D eigenvalue weighted by atomic mass is 10.3. The number of halogens is 3. The van der Waals surface area contributed by atoms with Crippen molar-refractivity contribution < 1.29 is 8.78 Å². The molecule has 0 N–H and O–H groups in total. The van der Waals surface area contributed by atoms with Crippen LogP contribution in [0.3, 0.4) is 0 Å². The summed E-state index contributed by atoms with van der Waals surface area (Å²) in [6, 6.07) is 3.26. The Labute approximate surface area is 127 Å². The first-order valence-electron chi connectivity index (χ1n) is 5.64. The number of hydrogen-bond donors (Lipinski definition) is 0. The molecule has 0 unspecified atom stereocenters. The molecular formula is C12H6ClF2N5S. The van der Waals surface area contributed by atoms with Gasteiger partial charge in [-0.05, 0) is 35.5 Å². The van der Waals surface area contributed by atoms with Gasteiger partial charge in [-0.15, -0.1) is 0 Å². The van der Waals surface area contributed by atoms with Crippen molar-refractivity contribution in [3.63, 3.8) is 0 Å². The van der Waals surface area contributed by atoms with Crippen LogP contribution in [0.2, 0.25) is 5.28 Å². The molecular weight excluding hydrogens is 320 g/mol. The van der Waals surface area contributed by atoms with E-state index in [-0.39, 0.29) is 21.3 Å². The average Bonchev–Trinajstić information content (AvgIpc) is 2.95. The highest BCUT2D eigenvalue weighted by Crippen LogP contribution is 2.28. The van der Waals surface area contributed by atoms with Crippen molar-refractivity contribution in [2.75, 3.05) is 0 Å². The molecule has 2 aromatic heterocycles. The quantitative estimate of drug-likeness (QED) is 0.740. The second-order valence-electron chi connectivity index (χ2n) is 3.83. The van der Waals surface area contributed by atoms with Gasteiger partial charge in [0.05, 0.1) is 4.90 Å². The van der Waals surface area contributed by atoms with E-state index in [1.54, 1.807) is 17.0 Å². The Bertz CT molecular complexity index is 781. The molecule has 0 bridgehead atoms. The van der Waals surface area contributed by atoms with Crippen LogP contribution in [-0.2, 0) is 0 Å². The molecule has 1 aromatic carbocycles. The fourth-order valence-corrected chi connectivity index (χ4v) is 2.47. The monoisotopic (exact) mass is 325 g/mol. The maximum Gasteiger partial charge on any atom is 0.240 e. The zero-order chi connectivity index (χ0) is 14.8. The van der Waals surface area contributed by atoms with Gasteiger partial charge in [0.15, 0.2) is 5.16 Å². The van der Waals surface area contributed by atoms with Crippen molar-refractivity contribution in [3.8, 4) is 5.95 Å². The minimum Gasteiger partial charge on any atom is -0.274 e. The Balaban J connectivity index is 1.95. The van der Waals surface area contributed by atoms with Crippen LogP contribution in [0.25, 0.3) is 5.95 Å². The van der Waals surface area contributed by atoms with Gasteiger partial charge in [0.2, 0.25) is 11.2 Å². The minimum absolute atomic E-state index is 0.0290. The lowest BCUT2D eigenvalue weighted by molar-refractivity contribution is 0.565. The molecule has 0 aliphatic rings. The smallest absolute Gasteiger partial charge is 0.240 e. The molecule has 3 rings (SSSR count). The van der Waals surface area contributed by atoms with E-state index in [0.29, 0.717) is 0 Å². The standard InChI is InChI=1S/C12H6ClF2N5S/c13-10-17-11(20-4-3-16-6-20)19-12(18-10)21-9-2-1-7(14)5-8(9)15/h1-6H.